The van der Waals surface area contributed by atoms with Crippen LogP contribution in [0.4, 0.5) is 5.69 Å². The summed E-state index contributed by atoms with van der Waals surface area (Å²) in [6.07, 6.45) is -0.743. The Morgan fingerprint density at radius 3 is 2.89 bits per heavy atom. The maximum atomic E-state index is 11.3. The minimum atomic E-state index is -0.743. The number of amides is 1. The van der Waals surface area contributed by atoms with Crippen LogP contribution in [-0.4, -0.2) is 28.2 Å². The van der Waals surface area contributed by atoms with Gasteiger partial charge in [-0.1, -0.05) is 11.8 Å². The first-order valence-corrected chi connectivity index (χ1v) is 7.11. The number of nitrogens with one attached hydrogen (secondary N) is 1. The molecule has 1 amide bonds. The lowest BCUT2D eigenvalue weighted by atomic mass is 10.3. The molecule has 1 rings (SSSR count). The Labute approximate surface area is 113 Å². The van der Waals surface area contributed by atoms with Crippen LogP contribution in [0.1, 0.15) is 24.8 Å². The molecule has 0 saturated carbocycles. The molecule has 18 heavy (non-hydrogen) atoms. The fourth-order valence-electron chi connectivity index (χ4n) is 1.20. The number of nitrogens with zero attached hydrogens (tertiary/aromatic N) is 1. The second-order valence-corrected chi connectivity index (χ2v) is 5.82. The summed E-state index contributed by atoms with van der Waals surface area (Å²) in [5, 5.41) is 22.9. The van der Waals surface area contributed by atoms with E-state index in [0.29, 0.717) is 15.6 Å². The van der Waals surface area contributed by atoms with Gasteiger partial charge in [0.05, 0.1) is 16.8 Å². The highest BCUT2D eigenvalue weighted by Crippen LogP contribution is 2.39. The summed E-state index contributed by atoms with van der Waals surface area (Å²) in [6, 6.07) is 1.36. The van der Waals surface area contributed by atoms with Crippen LogP contribution in [0.5, 0.6) is 0 Å². The SMILES string of the molecule is CCNC(=O)CSc1sc([C@@H](C)O)cc1[N+](=O)[O-]. The lowest BCUT2D eigenvalue weighted by molar-refractivity contribution is -0.387. The first-order chi connectivity index (χ1) is 8.45. The van der Waals surface area contributed by atoms with E-state index in [-0.39, 0.29) is 17.3 Å². The van der Waals surface area contributed by atoms with E-state index in [4.69, 9.17) is 0 Å². The first-order valence-electron chi connectivity index (χ1n) is 5.31. The topological polar surface area (TPSA) is 92.5 Å². The number of aliphatic hydroxyl groups is 1. The highest BCUT2D eigenvalue weighted by molar-refractivity contribution is 8.01. The van der Waals surface area contributed by atoms with Crippen LogP contribution in [0.25, 0.3) is 0 Å². The summed E-state index contributed by atoms with van der Waals surface area (Å²) < 4.78 is 0.446. The van der Waals surface area contributed by atoms with E-state index >= 15 is 0 Å². The Hall–Kier alpha value is -1.12. The molecule has 0 saturated heterocycles. The van der Waals surface area contributed by atoms with E-state index in [0.717, 1.165) is 23.1 Å². The number of hydrogen-bond donors (Lipinski definition) is 2. The van der Waals surface area contributed by atoms with Gasteiger partial charge < -0.3 is 10.4 Å². The molecule has 1 heterocycles. The molecular weight excluding hydrogens is 276 g/mol. The minimum absolute atomic E-state index is 0.0507. The molecule has 0 aliphatic heterocycles. The maximum Gasteiger partial charge on any atom is 0.294 e. The Balaban J connectivity index is 2.80. The molecule has 0 aromatic carbocycles. The predicted octanol–water partition coefficient (Wildman–Crippen LogP) is 1.94. The molecule has 1 aromatic rings. The fraction of sp³-hybridized carbons (Fsp3) is 0.500. The Bertz CT molecular complexity index is 445. The van der Waals surface area contributed by atoms with Gasteiger partial charge in [0.25, 0.3) is 5.69 Å². The molecule has 0 fully saturated rings. The van der Waals surface area contributed by atoms with Crippen molar-refractivity contribution < 1.29 is 14.8 Å². The van der Waals surface area contributed by atoms with Gasteiger partial charge in [-0.25, -0.2) is 0 Å². The van der Waals surface area contributed by atoms with Crippen molar-refractivity contribution in [3.8, 4) is 0 Å². The van der Waals surface area contributed by atoms with Crippen LogP contribution < -0.4 is 5.32 Å². The number of carbonyl (C=O) groups excluding carboxylic acids is 1. The third-order valence-electron chi connectivity index (χ3n) is 2.02. The zero-order valence-electron chi connectivity index (χ0n) is 10.0. The van der Waals surface area contributed by atoms with Crippen molar-refractivity contribution in [3.05, 3.63) is 21.1 Å². The molecule has 0 aliphatic carbocycles. The third kappa shape index (κ3) is 3.97. The van der Waals surface area contributed by atoms with Gasteiger partial charge in [0.2, 0.25) is 5.91 Å². The van der Waals surface area contributed by atoms with Gasteiger partial charge >= 0.3 is 0 Å². The normalized spacial score (nSPS) is 12.2. The summed E-state index contributed by atoms with van der Waals surface area (Å²) >= 11 is 2.26. The van der Waals surface area contributed by atoms with Gasteiger partial charge in [-0.3, -0.25) is 14.9 Å². The van der Waals surface area contributed by atoms with E-state index in [1.54, 1.807) is 6.92 Å². The summed E-state index contributed by atoms with van der Waals surface area (Å²) in [7, 11) is 0. The molecule has 1 aromatic heterocycles. The van der Waals surface area contributed by atoms with Gasteiger partial charge in [0.1, 0.15) is 4.21 Å². The molecule has 0 aliphatic rings. The monoisotopic (exact) mass is 290 g/mol. The van der Waals surface area contributed by atoms with Crippen LogP contribution in [0.15, 0.2) is 10.3 Å². The average Bonchev–Trinajstić information content (AvgIpc) is 2.71. The van der Waals surface area contributed by atoms with Crippen molar-refractivity contribution in [1.82, 2.24) is 5.32 Å². The van der Waals surface area contributed by atoms with Crippen molar-refractivity contribution in [1.29, 1.82) is 0 Å². The second kappa shape index (κ2) is 6.72. The number of thioether (sulfide) groups is 1. The van der Waals surface area contributed by atoms with E-state index in [2.05, 4.69) is 5.32 Å². The number of carbonyl (C=O) groups is 1. The van der Waals surface area contributed by atoms with Crippen molar-refractivity contribution >= 4 is 34.7 Å². The molecule has 8 heteroatoms. The molecule has 100 valence electrons. The van der Waals surface area contributed by atoms with Gasteiger partial charge in [0, 0.05) is 17.5 Å². The standard InChI is InChI=1S/C10H14N2O4S2/c1-3-11-9(14)5-17-10-7(12(15)16)4-8(18-10)6(2)13/h4,6,13H,3,5H2,1-2H3,(H,11,14)/t6-/m1/s1. The minimum Gasteiger partial charge on any atom is -0.388 e. The second-order valence-electron chi connectivity index (χ2n) is 3.50. The van der Waals surface area contributed by atoms with Crippen molar-refractivity contribution in [3.63, 3.8) is 0 Å². The van der Waals surface area contributed by atoms with E-state index in [1.165, 1.54) is 6.07 Å². The summed E-state index contributed by atoms with van der Waals surface area (Å²) in [4.78, 5) is 22.2. The Kier molecular flexibility index (Phi) is 5.57. The molecule has 0 radical (unpaired) electrons. The first kappa shape index (κ1) is 14.9. The Morgan fingerprint density at radius 1 is 1.72 bits per heavy atom. The molecule has 0 bridgehead atoms. The zero-order valence-corrected chi connectivity index (χ0v) is 11.6. The highest BCUT2D eigenvalue weighted by Gasteiger charge is 2.21. The summed E-state index contributed by atoms with van der Waals surface area (Å²) in [5.74, 6) is -0.0298. The van der Waals surface area contributed by atoms with Gasteiger partial charge in [0.15, 0.2) is 0 Å². The maximum absolute atomic E-state index is 11.3. The molecular formula is C10H14N2O4S2. The largest absolute Gasteiger partial charge is 0.388 e. The number of thiophene rings is 1. The van der Waals surface area contributed by atoms with Crippen LogP contribution in [0.3, 0.4) is 0 Å². The number of hydrogen-bond acceptors (Lipinski definition) is 6. The third-order valence-corrected chi connectivity index (χ3v) is 4.59. The molecule has 0 unspecified atom stereocenters. The lowest BCUT2D eigenvalue weighted by Gasteiger charge is -2.00. The van der Waals surface area contributed by atoms with Crippen molar-refractivity contribution in [2.45, 2.75) is 24.2 Å². The van der Waals surface area contributed by atoms with E-state index < -0.39 is 11.0 Å². The lowest BCUT2D eigenvalue weighted by Crippen LogP contribution is -2.24. The van der Waals surface area contributed by atoms with Crippen LogP contribution in [0.2, 0.25) is 0 Å². The fourth-order valence-corrected chi connectivity index (χ4v) is 3.34. The van der Waals surface area contributed by atoms with Gasteiger partial charge in [-0.15, -0.1) is 11.3 Å². The number of nitro groups is 1. The van der Waals surface area contributed by atoms with Crippen LogP contribution in [-0.2, 0) is 4.79 Å². The quantitative estimate of drug-likeness (QED) is 0.474. The average molecular weight is 290 g/mol. The van der Waals surface area contributed by atoms with E-state index in [1.807, 2.05) is 6.92 Å². The molecule has 1 atom stereocenters. The van der Waals surface area contributed by atoms with Crippen LogP contribution in [0, 0.1) is 10.1 Å². The van der Waals surface area contributed by atoms with Gasteiger partial charge in [-0.05, 0) is 13.8 Å². The van der Waals surface area contributed by atoms with Gasteiger partial charge in [-0.2, -0.15) is 0 Å². The molecule has 6 nitrogen and oxygen atoms in total. The van der Waals surface area contributed by atoms with Crippen LogP contribution >= 0.6 is 23.1 Å². The molecule has 0 spiro atoms. The summed E-state index contributed by atoms with van der Waals surface area (Å²) in [6.45, 7) is 3.89. The number of aliphatic hydroxyl groups excluding tert-OH is 1. The van der Waals surface area contributed by atoms with E-state index in [9.17, 15) is 20.0 Å². The number of rotatable bonds is 6. The summed E-state index contributed by atoms with van der Waals surface area (Å²) in [5.41, 5.74) is -0.0507. The van der Waals surface area contributed by atoms with Crippen molar-refractivity contribution in [2.24, 2.45) is 0 Å². The smallest absolute Gasteiger partial charge is 0.294 e. The highest BCUT2D eigenvalue weighted by atomic mass is 32.2. The van der Waals surface area contributed by atoms with Crippen molar-refractivity contribution in [2.75, 3.05) is 12.3 Å². The predicted molar refractivity (Wildman–Crippen MR) is 71.0 cm³/mol. The zero-order chi connectivity index (χ0) is 13.7. The molecule has 2 N–H and O–H groups in total. The Morgan fingerprint density at radius 2 is 2.39 bits per heavy atom.